The van der Waals surface area contributed by atoms with Gasteiger partial charge >= 0.3 is 5.69 Å². The summed E-state index contributed by atoms with van der Waals surface area (Å²) in [5, 5.41) is 22.5. The molecular formula is C11H15N5O3. The third-order valence-corrected chi connectivity index (χ3v) is 3.17. The average Bonchev–Trinajstić information content (AvgIpc) is 2.83. The zero-order chi connectivity index (χ0) is 14.0. The van der Waals surface area contributed by atoms with Crippen LogP contribution in [0.4, 0.5) is 11.5 Å². The molecule has 0 aliphatic carbocycles. The number of nitrogens with zero attached hydrogens (tertiary/aromatic N) is 4. The summed E-state index contributed by atoms with van der Waals surface area (Å²) in [6.07, 6.45) is 2.36. The van der Waals surface area contributed by atoms with Gasteiger partial charge in [0, 0.05) is 30.9 Å². The van der Waals surface area contributed by atoms with Gasteiger partial charge in [-0.25, -0.2) is 4.98 Å². The number of pyridine rings is 1. The van der Waals surface area contributed by atoms with Crippen LogP contribution in [0.15, 0.2) is 17.4 Å². The fourth-order valence-corrected chi connectivity index (χ4v) is 2.15. The smallest absolute Gasteiger partial charge is 0.312 e. The SMILES string of the molecule is CC1CCN(c2ncc(C(N)=NO)cc2[N+](=O)[O-])C1. The van der Waals surface area contributed by atoms with Crippen LogP contribution in [-0.2, 0) is 0 Å². The fourth-order valence-electron chi connectivity index (χ4n) is 2.15. The molecule has 2 rings (SSSR count). The molecule has 102 valence electrons. The summed E-state index contributed by atoms with van der Waals surface area (Å²) < 4.78 is 0. The highest BCUT2D eigenvalue weighted by Crippen LogP contribution is 2.30. The van der Waals surface area contributed by atoms with Gasteiger partial charge in [0.2, 0.25) is 5.82 Å². The topological polar surface area (TPSA) is 118 Å². The van der Waals surface area contributed by atoms with Gasteiger partial charge in [0.1, 0.15) is 0 Å². The molecule has 1 aromatic heterocycles. The molecule has 0 bridgehead atoms. The Morgan fingerprint density at radius 2 is 2.47 bits per heavy atom. The molecule has 8 nitrogen and oxygen atoms in total. The number of amidine groups is 1. The number of rotatable bonds is 3. The van der Waals surface area contributed by atoms with Crippen molar-refractivity contribution in [3.05, 3.63) is 27.9 Å². The van der Waals surface area contributed by atoms with E-state index in [-0.39, 0.29) is 17.1 Å². The fraction of sp³-hybridized carbons (Fsp3) is 0.455. The van der Waals surface area contributed by atoms with E-state index < -0.39 is 4.92 Å². The highest BCUT2D eigenvalue weighted by Gasteiger charge is 2.27. The number of nitro groups is 1. The molecule has 1 atom stereocenters. The Hall–Kier alpha value is -2.38. The van der Waals surface area contributed by atoms with Gasteiger partial charge in [0.25, 0.3) is 0 Å². The molecule has 0 amide bonds. The van der Waals surface area contributed by atoms with Crippen LogP contribution in [0.5, 0.6) is 0 Å². The van der Waals surface area contributed by atoms with Crippen molar-refractivity contribution in [2.45, 2.75) is 13.3 Å². The van der Waals surface area contributed by atoms with Crippen LogP contribution in [0.2, 0.25) is 0 Å². The average molecular weight is 265 g/mol. The van der Waals surface area contributed by atoms with Crippen molar-refractivity contribution in [1.82, 2.24) is 4.98 Å². The predicted molar refractivity (Wildman–Crippen MR) is 69.4 cm³/mol. The lowest BCUT2D eigenvalue weighted by atomic mass is 10.2. The summed E-state index contributed by atoms with van der Waals surface area (Å²) in [5.41, 5.74) is 5.51. The number of hydrogen-bond acceptors (Lipinski definition) is 6. The number of aromatic nitrogens is 1. The van der Waals surface area contributed by atoms with E-state index >= 15 is 0 Å². The zero-order valence-corrected chi connectivity index (χ0v) is 10.5. The van der Waals surface area contributed by atoms with E-state index in [2.05, 4.69) is 17.1 Å². The van der Waals surface area contributed by atoms with Crippen molar-refractivity contribution < 1.29 is 10.1 Å². The van der Waals surface area contributed by atoms with E-state index in [1.165, 1.54) is 12.3 Å². The Labute approximate surface area is 109 Å². The van der Waals surface area contributed by atoms with E-state index in [4.69, 9.17) is 10.9 Å². The standard InChI is InChI=1S/C11H15N5O3/c1-7-2-3-15(6-7)11-9(16(18)19)4-8(5-13-11)10(12)14-17/h4-5,7,17H,2-3,6H2,1H3,(H2,12,14). The van der Waals surface area contributed by atoms with E-state index in [9.17, 15) is 10.1 Å². The highest BCUT2D eigenvalue weighted by molar-refractivity contribution is 5.97. The number of oxime groups is 1. The Bertz CT molecular complexity index is 531. The second kappa shape index (κ2) is 5.09. The first kappa shape index (κ1) is 13.1. The molecule has 1 unspecified atom stereocenters. The molecule has 1 aromatic rings. The van der Waals surface area contributed by atoms with Crippen molar-refractivity contribution in [2.75, 3.05) is 18.0 Å². The van der Waals surface area contributed by atoms with Gasteiger partial charge in [0.15, 0.2) is 5.84 Å². The lowest BCUT2D eigenvalue weighted by molar-refractivity contribution is -0.384. The Morgan fingerprint density at radius 1 is 1.74 bits per heavy atom. The minimum absolute atomic E-state index is 0.127. The van der Waals surface area contributed by atoms with Gasteiger partial charge in [0.05, 0.1) is 4.92 Å². The largest absolute Gasteiger partial charge is 0.409 e. The van der Waals surface area contributed by atoms with Crippen LogP contribution in [0.1, 0.15) is 18.9 Å². The summed E-state index contributed by atoms with van der Waals surface area (Å²) >= 11 is 0. The molecule has 0 spiro atoms. The first-order chi connectivity index (χ1) is 9.02. The molecule has 1 fully saturated rings. The molecule has 1 saturated heterocycles. The first-order valence-electron chi connectivity index (χ1n) is 5.90. The summed E-state index contributed by atoms with van der Waals surface area (Å²) in [5.74, 6) is 0.630. The van der Waals surface area contributed by atoms with Crippen LogP contribution in [-0.4, -0.2) is 34.0 Å². The van der Waals surface area contributed by atoms with Crippen molar-refractivity contribution in [2.24, 2.45) is 16.8 Å². The number of nitrogens with two attached hydrogens (primary N) is 1. The van der Waals surface area contributed by atoms with Crippen molar-refractivity contribution in [1.29, 1.82) is 0 Å². The van der Waals surface area contributed by atoms with Crippen LogP contribution in [0, 0.1) is 16.0 Å². The van der Waals surface area contributed by atoms with Crippen LogP contribution in [0.25, 0.3) is 0 Å². The van der Waals surface area contributed by atoms with Crippen LogP contribution >= 0.6 is 0 Å². The third-order valence-electron chi connectivity index (χ3n) is 3.17. The summed E-state index contributed by atoms with van der Waals surface area (Å²) in [6, 6.07) is 1.28. The third kappa shape index (κ3) is 2.56. The Morgan fingerprint density at radius 3 is 3.00 bits per heavy atom. The quantitative estimate of drug-likeness (QED) is 0.276. The van der Waals surface area contributed by atoms with Crippen molar-refractivity contribution >= 4 is 17.3 Å². The summed E-state index contributed by atoms with van der Waals surface area (Å²) in [4.78, 5) is 16.6. The molecule has 0 radical (unpaired) electrons. The molecule has 0 aromatic carbocycles. The molecular weight excluding hydrogens is 250 g/mol. The minimum atomic E-state index is -0.501. The maximum atomic E-state index is 11.1. The van der Waals surface area contributed by atoms with Gasteiger partial charge in [-0.3, -0.25) is 10.1 Å². The first-order valence-corrected chi connectivity index (χ1v) is 5.90. The molecule has 1 aliphatic heterocycles. The van der Waals surface area contributed by atoms with Gasteiger partial charge in [-0.2, -0.15) is 0 Å². The maximum Gasteiger partial charge on any atom is 0.312 e. The van der Waals surface area contributed by atoms with E-state index in [0.717, 1.165) is 19.5 Å². The summed E-state index contributed by atoms with van der Waals surface area (Å²) in [7, 11) is 0. The molecule has 0 saturated carbocycles. The molecule has 8 heteroatoms. The minimum Gasteiger partial charge on any atom is -0.409 e. The maximum absolute atomic E-state index is 11.1. The Balaban J connectivity index is 2.41. The predicted octanol–water partition coefficient (Wildman–Crippen LogP) is 0.931. The van der Waals surface area contributed by atoms with Gasteiger partial charge in [-0.05, 0) is 12.3 Å². The Kier molecular flexibility index (Phi) is 3.50. The lowest BCUT2D eigenvalue weighted by Crippen LogP contribution is -2.22. The normalized spacial score (nSPS) is 19.7. The van der Waals surface area contributed by atoms with E-state index in [0.29, 0.717) is 11.7 Å². The van der Waals surface area contributed by atoms with E-state index in [1.807, 2.05) is 4.90 Å². The monoisotopic (exact) mass is 265 g/mol. The van der Waals surface area contributed by atoms with Crippen LogP contribution in [0.3, 0.4) is 0 Å². The van der Waals surface area contributed by atoms with Gasteiger partial charge in [-0.15, -0.1) is 0 Å². The van der Waals surface area contributed by atoms with Crippen molar-refractivity contribution in [3.8, 4) is 0 Å². The van der Waals surface area contributed by atoms with Crippen molar-refractivity contribution in [3.63, 3.8) is 0 Å². The van der Waals surface area contributed by atoms with Crippen LogP contribution < -0.4 is 10.6 Å². The lowest BCUT2D eigenvalue weighted by Gasteiger charge is -2.16. The molecule has 1 aliphatic rings. The number of hydrogen-bond donors (Lipinski definition) is 2. The second-order valence-electron chi connectivity index (χ2n) is 4.65. The number of anilines is 1. The van der Waals surface area contributed by atoms with E-state index in [1.54, 1.807) is 0 Å². The zero-order valence-electron chi connectivity index (χ0n) is 10.5. The second-order valence-corrected chi connectivity index (χ2v) is 4.65. The molecule has 3 N–H and O–H groups in total. The summed E-state index contributed by atoms with van der Waals surface area (Å²) in [6.45, 7) is 3.59. The van der Waals surface area contributed by atoms with Gasteiger partial charge < -0.3 is 15.8 Å². The molecule has 2 heterocycles. The molecule has 19 heavy (non-hydrogen) atoms. The van der Waals surface area contributed by atoms with Gasteiger partial charge in [-0.1, -0.05) is 12.1 Å². The highest BCUT2D eigenvalue weighted by atomic mass is 16.6.